The topological polar surface area (TPSA) is 59.9 Å². The first-order chi connectivity index (χ1) is 9.72. The van der Waals surface area contributed by atoms with E-state index in [-0.39, 0.29) is 0 Å². The molecule has 1 N–H and O–H groups in total. The Labute approximate surface area is 123 Å². The molecule has 0 radical (unpaired) electrons. The molecule has 1 heterocycles. The second-order valence-corrected chi connectivity index (χ2v) is 5.12. The Morgan fingerprint density at radius 1 is 1.20 bits per heavy atom. The van der Waals surface area contributed by atoms with Gasteiger partial charge in [0.15, 0.2) is 5.16 Å². The number of methoxy groups -OCH3 is 1. The number of hydrogen-bond acceptors (Lipinski definition) is 6. The van der Waals surface area contributed by atoms with Crippen molar-refractivity contribution in [3.8, 4) is 6.01 Å². The molecule has 0 aliphatic rings. The van der Waals surface area contributed by atoms with Crippen LogP contribution in [0.25, 0.3) is 0 Å². The molecule has 0 spiro atoms. The third kappa shape index (κ3) is 3.84. The van der Waals surface area contributed by atoms with E-state index in [2.05, 4.69) is 39.3 Å². The number of anilines is 1. The van der Waals surface area contributed by atoms with Gasteiger partial charge in [0.25, 0.3) is 0 Å². The van der Waals surface area contributed by atoms with Crippen LogP contribution in [0, 0.1) is 6.92 Å². The highest BCUT2D eigenvalue weighted by molar-refractivity contribution is 7.98. The Hall–Kier alpha value is -1.82. The molecular weight excluding hydrogens is 272 g/mol. The van der Waals surface area contributed by atoms with E-state index < -0.39 is 0 Å². The molecule has 0 fully saturated rings. The predicted molar refractivity (Wildman–Crippen MR) is 81.3 cm³/mol. The lowest BCUT2D eigenvalue weighted by molar-refractivity contribution is 0.373. The first-order valence-corrected chi connectivity index (χ1v) is 7.42. The zero-order chi connectivity index (χ0) is 14.4. The number of rotatable bonds is 6. The quantitative estimate of drug-likeness (QED) is 0.825. The molecule has 2 aromatic rings. The zero-order valence-corrected chi connectivity index (χ0v) is 12.7. The molecule has 1 aromatic heterocycles. The van der Waals surface area contributed by atoms with Gasteiger partial charge in [0.05, 0.1) is 7.11 Å². The van der Waals surface area contributed by atoms with Crippen LogP contribution >= 0.6 is 11.8 Å². The van der Waals surface area contributed by atoms with Gasteiger partial charge >= 0.3 is 6.01 Å². The zero-order valence-electron chi connectivity index (χ0n) is 11.9. The molecule has 5 nitrogen and oxygen atoms in total. The second kappa shape index (κ2) is 7.09. The van der Waals surface area contributed by atoms with E-state index in [1.54, 1.807) is 18.9 Å². The van der Waals surface area contributed by atoms with Crippen molar-refractivity contribution in [2.75, 3.05) is 19.0 Å². The van der Waals surface area contributed by atoms with Crippen LogP contribution in [-0.4, -0.2) is 28.6 Å². The van der Waals surface area contributed by atoms with E-state index in [1.165, 1.54) is 11.1 Å². The van der Waals surface area contributed by atoms with Gasteiger partial charge in [0.2, 0.25) is 5.95 Å². The molecule has 20 heavy (non-hydrogen) atoms. The highest BCUT2D eigenvalue weighted by Gasteiger charge is 2.07. The summed E-state index contributed by atoms with van der Waals surface area (Å²) in [6, 6.07) is 8.64. The summed E-state index contributed by atoms with van der Waals surface area (Å²) in [6.45, 7) is 4.86. The van der Waals surface area contributed by atoms with Crippen molar-refractivity contribution in [1.82, 2.24) is 15.0 Å². The Balaban J connectivity index is 2.12. The predicted octanol–water partition coefficient (Wildman–Crippen LogP) is 2.91. The van der Waals surface area contributed by atoms with Gasteiger partial charge in [0, 0.05) is 12.3 Å². The van der Waals surface area contributed by atoms with Gasteiger partial charge in [-0.1, -0.05) is 36.0 Å². The average Bonchev–Trinajstić information content (AvgIpc) is 2.46. The fourth-order valence-electron chi connectivity index (χ4n) is 1.65. The summed E-state index contributed by atoms with van der Waals surface area (Å²) >= 11 is 1.58. The van der Waals surface area contributed by atoms with Crippen molar-refractivity contribution in [1.29, 1.82) is 0 Å². The molecule has 0 atom stereocenters. The number of ether oxygens (including phenoxy) is 1. The van der Waals surface area contributed by atoms with E-state index in [1.807, 2.05) is 19.1 Å². The van der Waals surface area contributed by atoms with Gasteiger partial charge < -0.3 is 10.1 Å². The van der Waals surface area contributed by atoms with E-state index in [9.17, 15) is 0 Å². The molecule has 0 saturated carbocycles. The summed E-state index contributed by atoms with van der Waals surface area (Å²) in [4.78, 5) is 12.8. The number of nitrogens with one attached hydrogen (secondary N) is 1. The lowest BCUT2D eigenvalue weighted by Gasteiger charge is -2.07. The van der Waals surface area contributed by atoms with Crippen molar-refractivity contribution < 1.29 is 4.74 Å². The van der Waals surface area contributed by atoms with Crippen LogP contribution in [0.5, 0.6) is 6.01 Å². The molecule has 0 bridgehead atoms. The van der Waals surface area contributed by atoms with Crippen LogP contribution in [0.4, 0.5) is 5.95 Å². The number of aromatic nitrogens is 3. The fraction of sp³-hybridized carbons (Fsp3) is 0.357. The van der Waals surface area contributed by atoms with Gasteiger partial charge in [-0.3, -0.25) is 0 Å². The maximum Gasteiger partial charge on any atom is 0.321 e. The molecule has 0 aliphatic heterocycles. The summed E-state index contributed by atoms with van der Waals surface area (Å²) in [5, 5.41) is 3.74. The Bertz CT molecular complexity index is 577. The number of thioether (sulfide) groups is 1. The maximum atomic E-state index is 5.10. The summed E-state index contributed by atoms with van der Waals surface area (Å²) in [6.07, 6.45) is 0. The van der Waals surface area contributed by atoms with Crippen molar-refractivity contribution in [2.24, 2.45) is 0 Å². The van der Waals surface area contributed by atoms with E-state index in [0.717, 1.165) is 12.3 Å². The lowest BCUT2D eigenvalue weighted by Crippen LogP contribution is -2.06. The van der Waals surface area contributed by atoms with Gasteiger partial charge in [-0.15, -0.1) is 0 Å². The normalized spacial score (nSPS) is 10.3. The molecule has 2 rings (SSSR count). The van der Waals surface area contributed by atoms with Crippen LogP contribution in [-0.2, 0) is 5.75 Å². The Morgan fingerprint density at radius 3 is 2.70 bits per heavy atom. The lowest BCUT2D eigenvalue weighted by atomic mass is 10.1. The molecule has 1 aromatic carbocycles. The van der Waals surface area contributed by atoms with Gasteiger partial charge in [-0.05, 0) is 25.0 Å². The van der Waals surface area contributed by atoms with Crippen LogP contribution < -0.4 is 10.1 Å². The Morgan fingerprint density at radius 2 is 2.00 bits per heavy atom. The third-order valence-electron chi connectivity index (χ3n) is 2.73. The summed E-state index contributed by atoms with van der Waals surface area (Å²) in [5.74, 6) is 1.37. The first-order valence-electron chi connectivity index (χ1n) is 6.44. The fourth-order valence-corrected chi connectivity index (χ4v) is 2.55. The SMILES string of the molecule is CCNc1nc(OC)nc(SCc2ccccc2C)n1. The monoisotopic (exact) mass is 290 g/mol. The molecule has 106 valence electrons. The minimum atomic E-state index is 0.336. The molecule has 0 unspecified atom stereocenters. The second-order valence-electron chi connectivity index (χ2n) is 4.17. The van der Waals surface area contributed by atoms with Gasteiger partial charge in [0.1, 0.15) is 0 Å². The first kappa shape index (κ1) is 14.6. The summed E-state index contributed by atoms with van der Waals surface area (Å²) < 4.78 is 5.10. The molecule has 0 aliphatic carbocycles. The van der Waals surface area contributed by atoms with Crippen molar-refractivity contribution in [2.45, 2.75) is 24.8 Å². The van der Waals surface area contributed by atoms with E-state index in [0.29, 0.717) is 17.1 Å². The number of aryl methyl sites for hydroxylation is 1. The van der Waals surface area contributed by atoms with E-state index in [4.69, 9.17) is 4.74 Å². The number of hydrogen-bond donors (Lipinski definition) is 1. The van der Waals surface area contributed by atoms with Crippen molar-refractivity contribution >= 4 is 17.7 Å². The maximum absolute atomic E-state index is 5.10. The highest BCUT2D eigenvalue weighted by atomic mass is 32.2. The molecule has 0 saturated heterocycles. The van der Waals surface area contributed by atoms with Crippen LogP contribution in [0.3, 0.4) is 0 Å². The standard InChI is InChI=1S/C14H18N4OS/c1-4-15-12-16-13(19-3)18-14(17-12)20-9-11-8-6-5-7-10(11)2/h5-8H,4,9H2,1-3H3,(H,15,16,17,18). The molecule has 0 amide bonds. The largest absolute Gasteiger partial charge is 0.467 e. The Kier molecular flexibility index (Phi) is 5.17. The van der Waals surface area contributed by atoms with Crippen LogP contribution in [0.1, 0.15) is 18.1 Å². The van der Waals surface area contributed by atoms with Crippen molar-refractivity contribution in [3.63, 3.8) is 0 Å². The minimum Gasteiger partial charge on any atom is -0.467 e. The minimum absolute atomic E-state index is 0.336. The van der Waals surface area contributed by atoms with E-state index >= 15 is 0 Å². The van der Waals surface area contributed by atoms with Crippen LogP contribution in [0.15, 0.2) is 29.4 Å². The molecule has 6 heteroatoms. The smallest absolute Gasteiger partial charge is 0.321 e. The number of benzene rings is 1. The summed E-state index contributed by atoms with van der Waals surface area (Å²) in [5.41, 5.74) is 2.55. The third-order valence-corrected chi connectivity index (χ3v) is 3.63. The highest BCUT2D eigenvalue weighted by Crippen LogP contribution is 2.23. The number of nitrogens with zero attached hydrogens (tertiary/aromatic N) is 3. The average molecular weight is 290 g/mol. The summed E-state index contributed by atoms with van der Waals surface area (Å²) in [7, 11) is 1.56. The van der Waals surface area contributed by atoms with Crippen LogP contribution in [0.2, 0.25) is 0 Å². The molecular formula is C14H18N4OS. The van der Waals surface area contributed by atoms with Crippen molar-refractivity contribution in [3.05, 3.63) is 35.4 Å². The van der Waals surface area contributed by atoms with Gasteiger partial charge in [-0.25, -0.2) is 0 Å². The van der Waals surface area contributed by atoms with Gasteiger partial charge in [-0.2, -0.15) is 15.0 Å².